The number of sulfonamides is 1. The molecule has 0 saturated carbocycles. The number of hydrogen-bond acceptors (Lipinski definition) is 4. The first-order valence-corrected chi connectivity index (χ1v) is 8.44. The van der Waals surface area contributed by atoms with Crippen molar-refractivity contribution in [3.63, 3.8) is 0 Å². The number of nitrogens with zero attached hydrogens (tertiary/aromatic N) is 1. The van der Waals surface area contributed by atoms with Crippen LogP contribution in [0.25, 0.3) is 0 Å². The number of aliphatic hydroxyl groups is 1. The van der Waals surface area contributed by atoms with Gasteiger partial charge in [0.05, 0.1) is 29.2 Å². The first-order valence-electron chi connectivity index (χ1n) is 6.63. The van der Waals surface area contributed by atoms with Gasteiger partial charge in [-0.15, -0.1) is 0 Å². The van der Waals surface area contributed by atoms with E-state index in [2.05, 4.69) is 0 Å². The van der Waals surface area contributed by atoms with Gasteiger partial charge in [0.15, 0.2) is 0 Å². The first kappa shape index (κ1) is 16.6. The van der Waals surface area contributed by atoms with Gasteiger partial charge in [0.2, 0.25) is 10.0 Å². The van der Waals surface area contributed by atoms with Crippen LogP contribution in [0.5, 0.6) is 0 Å². The Hall–Kier alpha value is -0.730. The van der Waals surface area contributed by atoms with Crippen LogP contribution in [0.4, 0.5) is 4.39 Å². The highest BCUT2D eigenvalue weighted by Crippen LogP contribution is 2.25. The molecule has 0 spiro atoms. The second-order valence-electron chi connectivity index (χ2n) is 4.77. The molecule has 118 valence electrons. The standard InChI is InChI=1S/C13H17ClFNO4S/c14-12-9-11(1-2-13(12)15)21(18,19)16-5-3-10(4-6-16)20-8-7-17/h1-2,9-10,17H,3-8H2. The molecule has 2 rings (SSSR count). The predicted octanol–water partition coefficient (Wildman–Crippen LogP) is 1.64. The molecule has 21 heavy (non-hydrogen) atoms. The number of halogens is 2. The number of piperidine rings is 1. The van der Waals surface area contributed by atoms with Gasteiger partial charge in [0, 0.05) is 13.1 Å². The van der Waals surface area contributed by atoms with E-state index in [4.69, 9.17) is 21.4 Å². The SMILES string of the molecule is O=S(=O)(c1ccc(F)c(Cl)c1)N1CCC(OCCO)CC1. The molecule has 0 aliphatic carbocycles. The van der Waals surface area contributed by atoms with Crippen LogP contribution in [-0.4, -0.2) is 50.2 Å². The van der Waals surface area contributed by atoms with E-state index in [1.165, 1.54) is 10.4 Å². The quantitative estimate of drug-likeness (QED) is 0.887. The zero-order valence-electron chi connectivity index (χ0n) is 11.3. The molecule has 1 fully saturated rings. The summed E-state index contributed by atoms with van der Waals surface area (Å²) in [6.07, 6.45) is 1.09. The Morgan fingerprint density at radius 2 is 2.05 bits per heavy atom. The minimum Gasteiger partial charge on any atom is -0.394 e. The van der Waals surface area contributed by atoms with Gasteiger partial charge in [-0.3, -0.25) is 0 Å². The van der Waals surface area contributed by atoms with E-state index in [9.17, 15) is 12.8 Å². The van der Waals surface area contributed by atoms with Gasteiger partial charge >= 0.3 is 0 Å². The highest BCUT2D eigenvalue weighted by atomic mass is 35.5. The molecule has 0 unspecified atom stereocenters. The Kier molecular flexibility index (Phi) is 5.56. The van der Waals surface area contributed by atoms with Crippen LogP contribution in [0.2, 0.25) is 5.02 Å². The van der Waals surface area contributed by atoms with Crippen molar-refractivity contribution in [3.05, 3.63) is 29.0 Å². The number of rotatable bonds is 5. The molecule has 1 aromatic rings. The third-order valence-corrected chi connectivity index (χ3v) is 5.56. The molecular weight excluding hydrogens is 321 g/mol. The van der Waals surface area contributed by atoms with Crippen molar-refractivity contribution in [2.45, 2.75) is 23.8 Å². The average Bonchev–Trinajstić information content (AvgIpc) is 2.48. The summed E-state index contributed by atoms with van der Waals surface area (Å²) in [5.41, 5.74) is 0. The van der Waals surface area contributed by atoms with Crippen LogP contribution < -0.4 is 0 Å². The maximum Gasteiger partial charge on any atom is 0.243 e. The van der Waals surface area contributed by atoms with Gasteiger partial charge in [0.25, 0.3) is 0 Å². The summed E-state index contributed by atoms with van der Waals surface area (Å²) in [4.78, 5) is -0.0105. The molecule has 0 amide bonds. The van der Waals surface area contributed by atoms with Crippen molar-refractivity contribution in [3.8, 4) is 0 Å². The van der Waals surface area contributed by atoms with Crippen molar-refractivity contribution in [2.24, 2.45) is 0 Å². The van der Waals surface area contributed by atoms with Gasteiger partial charge < -0.3 is 9.84 Å². The Bertz CT molecular complexity index is 588. The summed E-state index contributed by atoms with van der Waals surface area (Å²) in [7, 11) is -3.67. The summed E-state index contributed by atoms with van der Waals surface area (Å²) in [6, 6.07) is 3.39. The van der Waals surface area contributed by atoms with Crippen molar-refractivity contribution >= 4 is 21.6 Å². The maximum atomic E-state index is 13.1. The molecule has 0 atom stereocenters. The third-order valence-electron chi connectivity index (χ3n) is 3.37. The smallest absolute Gasteiger partial charge is 0.243 e. The fourth-order valence-electron chi connectivity index (χ4n) is 2.24. The fraction of sp³-hybridized carbons (Fsp3) is 0.538. The molecule has 8 heteroatoms. The Morgan fingerprint density at radius 3 is 2.62 bits per heavy atom. The molecule has 1 aliphatic rings. The lowest BCUT2D eigenvalue weighted by molar-refractivity contribution is 0.00318. The molecule has 5 nitrogen and oxygen atoms in total. The predicted molar refractivity (Wildman–Crippen MR) is 76.2 cm³/mol. The molecule has 1 aliphatic heterocycles. The Morgan fingerprint density at radius 1 is 1.38 bits per heavy atom. The van der Waals surface area contributed by atoms with E-state index in [1.54, 1.807) is 0 Å². The molecule has 1 heterocycles. The van der Waals surface area contributed by atoms with Crippen LogP contribution in [-0.2, 0) is 14.8 Å². The average molecular weight is 338 g/mol. The summed E-state index contributed by atoms with van der Waals surface area (Å²) >= 11 is 5.64. The monoisotopic (exact) mass is 337 g/mol. The van der Waals surface area contributed by atoms with E-state index in [0.717, 1.165) is 12.1 Å². The van der Waals surface area contributed by atoms with Crippen LogP contribution in [0, 0.1) is 5.82 Å². The van der Waals surface area contributed by atoms with E-state index in [-0.39, 0.29) is 29.2 Å². The van der Waals surface area contributed by atoms with E-state index in [1.807, 2.05) is 0 Å². The largest absolute Gasteiger partial charge is 0.394 e. The molecule has 1 saturated heterocycles. The van der Waals surface area contributed by atoms with Gasteiger partial charge in [0.1, 0.15) is 5.82 Å². The summed E-state index contributed by atoms with van der Waals surface area (Å²) < 4.78 is 44.7. The summed E-state index contributed by atoms with van der Waals surface area (Å²) in [6.45, 7) is 0.860. The molecule has 0 aromatic heterocycles. The lowest BCUT2D eigenvalue weighted by Gasteiger charge is -2.31. The number of hydrogen-bond donors (Lipinski definition) is 1. The second kappa shape index (κ2) is 7.02. The van der Waals surface area contributed by atoms with Gasteiger partial charge in [-0.05, 0) is 31.0 Å². The van der Waals surface area contributed by atoms with Crippen LogP contribution in [0.1, 0.15) is 12.8 Å². The zero-order chi connectivity index (χ0) is 15.5. The minimum atomic E-state index is -3.67. The highest BCUT2D eigenvalue weighted by Gasteiger charge is 2.30. The van der Waals surface area contributed by atoms with Crippen molar-refractivity contribution in [2.75, 3.05) is 26.3 Å². The van der Waals surface area contributed by atoms with Crippen molar-refractivity contribution in [1.29, 1.82) is 0 Å². The van der Waals surface area contributed by atoms with Crippen molar-refractivity contribution < 1.29 is 22.7 Å². The van der Waals surface area contributed by atoms with E-state index < -0.39 is 15.8 Å². The van der Waals surface area contributed by atoms with Crippen LogP contribution in [0.3, 0.4) is 0 Å². The normalized spacial score (nSPS) is 18.0. The van der Waals surface area contributed by atoms with Gasteiger partial charge in [-0.25, -0.2) is 12.8 Å². The Labute approximate surface area is 128 Å². The number of benzene rings is 1. The number of ether oxygens (including phenoxy) is 1. The Balaban J connectivity index is 2.06. The molecule has 1 N–H and O–H groups in total. The fourth-order valence-corrected chi connectivity index (χ4v) is 3.99. The van der Waals surface area contributed by atoms with E-state index in [0.29, 0.717) is 25.9 Å². The van der Waals surface area contributed by atoms with Gasteiger partial charge in [-0.2, -0.15) is 4.31 Å². The third kappa shape index (κ3) is 3.92. The summed E-state index contributed by atoms with van der Waals surface area (Å²) in [5.74, 6) is -0.647. The molecule has 0 bridgehead atoms. The topological polar surface area (TPSA) is 66.8 Å². The van der Waals surface area contributed by atoms with Gasteiger partial charge in [-0.1, -0.05) is 11.6 Å². The first-order chi connectivity index (χ1) is 9.95. The van der Waals surface area contributed by atoms with Crippen molar-refractivity contribution in [1.82, 2.24) is 4.31 Å². The zero-order valence-corrected chi connectivity index (χ0v) is 12.9. The summed E-state index contributed by atoms with van der Waals surface area (Å²) in [5, 5.41) is 8.49. The van der Waals surface area contributed by atoms with Crippen LogP contribution in [0.15, 0.2) is 23.1 Å². The number of aliphatic hydroxyl groups excluding tert-OH is 1. The lowest BCUT2D eigenvalue weighted by Crippen LogP contribution is -2.41. The molecule has 0 radical (unpaired) electrons. The lowest BCUT2D eigenvalue weighted by atomic mass is 10.1. The maximum absolute atomic E-state index is 13.1. The van der Waals surface area contributed by atoms with Crippen LogP contribution >= 0.6 is 11.6 Å². The molecular formula is C13H17ClFNO4S. The second-order valence-corrected chi connectivity index (χ2v) is 7.12. The molecule has 1 aromatic carbocycles. The van der Waals surface area contributed by atoms with E-state index >= 15 is 0 Å². The minimum absolute atomic E-state index is 0.0105. The highest BCUT2D eigenvalue weighted by molar-refractivity contribution is 7.89.